The minimum absolute atomic E-state index is 0.0679. The molecule has 4 N–H and O–H groups in total. The summed E-state index contributed by atoms with van der Waals surface area (Å²) in [7, 11) is 0. The number of carbonyl (C=O) groups excluding carboxylic acids is 1. The molecular formula is C31H52N4O12. The van der Waals surface area contributed by atoms with Crippen molar-refractivity contribution in [3.8, 4) is 0 Å². The van der Waals surface area contributed by atoms with Gasteiger partial charge in [-0.25, -0.2) is 4.89 Å². The van der Waals surface area contributed by atoms with Gasteiger partial charge in [0.15, 0.2) is 0 Å². The first kappa shape index (κ1) is 37.3. The normalized spacial score (nSPS) is 34.7. The predicted octanol–water partition coefficient (Wildman–Crippen LogP) is 3.37. The summed E-state index contributed by atoms with van der Waals surface area (Å²) < 4.78 is 12.1. The molecule has 268 valence electrons. The number of hydrogen-bond acceptors (Lipinski definition) is 12. The number of carboxylic acids is 1. The Morgan fingerprint density at radius 1 is 0.745 bits per heavy atom. The molecule has 16 nitrogen and oxygen atoms in total. The Bertz CT molecular complexity index is 996. The summed E-state index contributed by atoms with van der Waals surface area (Å²) >= 11 is 0. The zero-order valence-electron chi connectivity index (χ0n) is 27.1. The van der Waals surface area contributed by atoms with Crippen LogP contribution in [0.3, 0.4) is 0 Å². The molecule has 0 radical (unpaired) electrons. The average molecular weight is 673 g/mol. The van der Waals surface area contributed by atoms with Crippen LogP contribution in [0.1, 0.15) is 96.3 Å². The third kappa shape index (κ3) is 11.0. The molecule has 1 amide bonds. The van der Waals surface area contributed by atoms with Gasteiger partial charge in [0.25, 0.3) is 0 Å². The number of nitrogens with zero attached hydrogens (tertiary/aromatic N) is 2. The maximum absolute atomic E-state index is 13.0. The van der Waals surface area contributed by atoms with Crippen molar-refractivity contribution in [3.63, 3.8) is 0 Å². The maximum Gasteiger partial charge on any atom is 0.307 e. The minimum atomic E-state index is -1.17. The second-order valence-electron chi connectivity index (χ2n) is 13.7. The van der Waals surface area contributed by atoms with Gasteiger partial charge in [0.2, 0.25) is 18.0 Å². The maximum atomic E-state index is 13.0. The van der Waals surface area contributed by atoms with E-state index in [1.807, 2.05) is 0 Å². The molecule has 4 aliphatic carbocycles. The van der Waals surface area contributed by atoms with Crippen molar-refractivity contribution in [2.45, 2.75) is 133 Å². The first-order chi connectivity index (χ1) is 22.7. The van der Waals surface area contributed by atoms with Gasteiger partial charge in [-0.15, -0.1) is 0 Å². The molecule has 0 aromatic heterocycles. The van der Waals surface area contributed by atoms with Gasteiger partial charge in [-0.3, -0.25) is 35.1 Å². The van der Waals surface area contributed by atoms with E-state index in [1.54, 1.807) is 0 Å². The highest BCUT2D eigenvalue weighted by Gasteiger charge is 2.49. The van der Waals surface area contributed by atoms with Crippen LogP contribution in [0.25, 0.3) is 0 Å². The van der Waals surface area contributed by atoms with Crippen molar-refractivity contribution in [3.05, 3.63) is 20.2 Å². The number of hydrogen-bond donors (Lipinski definition) is 4. The van der Waals surface area contributed by atoms with E-state index in [2.05, 4.69) is 15.7 Å². The molecule has 16 heteroatoms. The lowest BCUT2D eigenvalue weighted by atomic mass is 9.75. The zero-order chi connectivity index (χ0) is 33.8. The molecule has 4 rings (SSSR count). The molecule has 4 saturated carbocycles. The van der Waals surface area contributed by atoms with Gasteiger partial charge in [-0.1, -0.05) is 0 Å². The van der Waals surface area contributed by atoms with Gasteiger partial charge in [0, 0.05) is 48.0 Å². The number of nitro groups is 2. The lowest BCUT2D eigenvalue weighted by Gasteiger charge is -2.34. The fourth-order valence-electron chi connectivity index (χ4n) is 8.03. The number of carboxylic acid groups (broad SMARTS) is 1. The van der Waals surface area contributed by atoms with Crippen LogP contribution >= 0.6 is 0 Å². The lowest BCUT2D eigenvalue weighted by molar-refractivity contribution is -0.540. The van der Waals surface area contributed by atoms with Gasteiger partial charge in [-0.05, 0) is 89.4 Å². The van der Waals surface area contributed by atoms with Gasteiger partial charge in [0.1, 0.15) is 5.92 Å². The van der Waals surface area contributed by atoms with Crippen LogP contribution in [0.5, 0.6) is 0 Å². The van der Waals surface area contributed by atoms with Crippen LogP contribution in [0.2, 0.25) is 0 Å². The van der Waals surface area contributed by atoms with Crippen molar-refractivity contribution < 1.29 is 49.0 Å². The highest BCUT2D eigenvalue weighted by Crippen LogP contribution is 2.34. The van der Waals surface area contributed by atoms with Crippen LogP contribution in [0.15, 0.2) is 0 Å². The molecule has 4 aliphatic rings. The van der Waals surface area contributed by atoms with Crippen LogP contribution in [0.4, 0.5) is 0 Å². The fourth-order valence-corrected chi connectivity index (χ4v) is 8.03. The number of ether oxygens (including phenoxy) is 2. The van der Waals surface area contributed by atoms with Gasteiger partial charge < -0.3 is 24.7 Å². The highest BCUT2D eigenvalue weighted by atomic mass is 17.1. The molecule has 0 aromatic rings. The molecule has 0 heterocycles. The van der Waals surface area contributed by atoms with Crippen molar-refractivity contribution in [1.82, 2.24) is 10.8 Å². The van der Waals surface area contributed by atoms with E-state index in [0.29, 0.717) is 38.9 Å². The topological polar surface area (TPSA) is 222 Å². The average Bonchev–Trinajstić information content (AvgIpc) is 3.06. The van der Waals surface area contributed by atoms with Crippen molar-refractivity contribution in [2.24, 2.45) is 23.7 Å². The van der Waals surface area contributed by atoms with Gasteiger partial charge >= 0.3 is 5.97 Å². The second-order valence-corrected chi connectivity index (χ2v) is 13.7. The smallest absolute Gasteiger partial charge is 0.307 e. The Morgan fingerprint density at radius 2 is 1.32 bits per heavy atom. The van der Waals surface area contributed by atoms with Crippen LogP contribution in [-0.2, 0) is 28.8 Å². The number of hydroxylamine groups is 1. The Morgan fingerprint density at radius 3 is 1.89 bits per heavy atom. The number of aliphatic carboxylic acids is 1. The van der Waals surface area contributed by atoms with Gasteiger partial charge in [-0.2, -0.15) is 5.48 Å². The summed E-state index contributed by atoms with van der Waals surface area (Å²) in [6.07, 6.45) is 10.3. The molecule has 0 aliphatic heterocycles. The van der Waals surface area contributed by atoms with E-state index in [-0.39, 0.29) is 67.1 Å². The van der Waals surface area contributed by atoms with E-state index in [4.69, 9.17) is 19.6 Å². The molecule has 0 saturated heterocycles. The fraction of sp³-hybridized carbons (Fsp3) is 0.935. The van der Waals surface area contributed by atoms with Crippen molar-refractivity contribution in [2.75, 3.05) is 26.4 Å². The third-order valence-electron chi connectivity index (χ3n) is 10.7. The van der Waals surface area contributed by atoms with Crippen LogP contribution < -0.4 is 10.8 Å². The van der Waals surface area contributed by atoms with E-state index < -0.39 is 40.7 Å². The standard InChI is InChI=1S/C31H52N4O12/c36-30(29-25(31(37)38)5-2-7-28(29)35(41)42)32-21-8-12-23(13-9-21)44-16-3-17-45-24-14-10-22(11-15-24)33-46-19-26-20(18-47-43)4-1-6-27(26)34(39)40/h20-29,33,43H,1-19H2,(H,32,36)(H,37,38). The van der Waals surface area contributed by atoms with E-state index in [0.717, 1.165) is 57.8 Å². The Balaban J connectivity index is 1.05. The first-order valence-electron chi connectivity index (χ1n) is 17.3. The predicted molar refractivity (Wildman–Crippen MR) is 165 cm³/mol. The summed E-state index contributed by atoms with van der Waals surface area (Å²) in [5, 5.41) is 44.4. The molecule has 0 bridgehead atoms. The van der Waals surface area contributed by atoms with Crippen molar-refractivity contribution >= 4 is 11.9 Å². The number of rotatable bonds is 17. The largest absolute Gasteiger partial charge is 0.481 e. The second kappa shape index (κ2) is 18.9. The summed E-state index contributed by atoms with van der Waals surface area (Å²) in [5.41, 5.74) is 3.09. The molecule has 6 unspecified atom stereocenters. The van der Waals surface area contributed by atoms with Crippen LogP contribution in [-0.4, -0.2) is 94.9 Å². The Labute approximate surface area is 274 Å². The number of nitrogens with one attached hydrogen (secondary N) is 2. The molecular weight excluding hydrogens is 620 g/mol. The monoisotopic (exact) mass is 672 g/mol. The van der Waals surface area contributed by atoms with E-state index >= 15 is 0 Å². The van der Waals surface area contributed by atoms with E-state index in [1.165, 1.54) is 0 Å². The summed E-state index contributed by atoms with van der Waals surface area (Å²) in [6, 6.07) is -1.86. The molecule has 6 atom stereocenters. The van der Waals surface area contributed by atoms with Crippen molar-refractivity contribution in [1.29, 1.82) is 0 Å². The van der Waals surface area contributed by atoms with E-state index in [9.17, 15) is 34.9 Å². The molecule has 0 spiro atoms. The Kier molecular flexibility index (Phi) is 15.0. The molecule has 47 heavy (non-hydrogen) atoms. The Hall–Kier alpha value is -2.50. The lowest BCUT2D eigenvalue weighted by Crippen LogP contribution is -2.52. The number of amides is 1. The summed E-state index contributed by atoms with van der Waals surface area (Å²) in [5.74, 6) is -4.29. The molecule has 0 aromatic carbocycles. The van der Waals surface area contributed by atoms with Gasteiger partial charge in [0.05, 0.1) is 37.3 Å². The van der Waals surface area contributed by atoms with Crippen LogP contribution in [0, 0.1) is 43.9 Å². The summed E-state index contributed by atoms with van der Waals surface area (Å²) in [6.45, 7) is 1.42. The number of carbonyl (C=O) groups is 2. The summed E-state index contributed by atoms with van der Waals surface area (Å²) in [4.78, 5) is 57.0. The first-order valence-corrected chi connectivity index (χ1v) is 17.3. The third-order valence-corrected chi connectivity index (χ3v) is 10.7. The molecule has 4 fully saturated rings. The highest BCUT2D eigenvalue weighted by molar-refractivity contribution is 5.85. The quantitative estimate of drug-likeness (QED) is 0.0754. The SMILES string of the molecule is O=C(O)C1CCCC([N+](=O)[O-])C1C(=O)NC1CCC(OCCCOC2CCC(NOCC3C(COO)CCCC3[N+](=O)[O-])CC2)CC1. The minimum Gasteiger partial charge on any atom is -0.481 e. The zero-order valence-corrected chi connectivity index (χ0v) is 27.1.